The third-order valence-corrected chi connectivity index (χ3v) is 11.5. The van der Waals surface area contributed by atoms with Crippen molar-refractivity contribution < 1.29 is 0 Å². The predicted molar refractivity (Wildman–Crippen MR) is 241 cm³/mol. The second-order valence-electron chi connectivity index (χ2n) is 16.5. The number of nitrogens with zero attached hydrogens (tertiary/aromatic N) is 2. The van der Waals surface area contributed by atoms with Crippen LogP contribution >= 0.6 is 0 Å². The fourth-order valence-electron chi connectivity index (χ4n) is 8.94. The number of para-hydroxylation sites is 2. The van der Waals surface area contributed by atoms with Gasteiger partial charge in [0.2, 0.25) is 0 Å². The van der Waals surface area contributed by atoms with Crippen molar-refractivity contribution in [1.82, 2.24) is 0 Å². The Labute approximate surface area is 329 Å². The van der Waals surface area contributed by atoms with Crippen molar-refractivity contribution in [3.8, 4) is 0 Å². The van der Waals surface area contributed by atoms with E-state index in [0.717, 1.165) is 0 Å². The van der Waals surface area contributed by atoms with Gasteiger partial charge in [0, 0.05) is 22.5 Å². The maximum absolute atomic E-state index is 2.76. The van der Waals surface area contributed by atoms with Crippen molar-refractivity contribution in [1.29, 1.82) is 0 Å². The SMILES string of the molecule is CC(C)c1cccc(C(C)C)c1N1B(c2ccccc2)N(c2c(C(C)C)cccc2C(C)C)C(c2cccc3ccccc23)=C1c1cccc2ccccc12. The summed E-state index contributed by atoms with van der Waals surface area (Å²) in [5.74, 6) is 1.23. The number of rotatable bonds is 9. The Bertz CT molecular complexity index is 2310. The van der Waals surface area contributed by atoms with E-state index in [9.17, 15) is 0 Å². The Hall–Kier alpha value is -5.54. The lowest BCUT2D eigenvalue weighted by Crippen LogP contribution is -2.55. The van der Waals surface area contributed by atoms with Gasteiger partial charge in [0.1, 0.15) is 0 Å². The van der Waals surface area contributed by atoms with E-state index < -0.39 is 0 Å². The van der Waals surface area contributed by atoms with Crippen LogP contribution < -0.4 is 15.1 Å². The monoisotopic (exact) mass is 716 g/mol. The summed E-state index contributed by atoms with van der Waals surface area (Å²) >= 11 is 0. The van der Waals surface area contributed by atoms with E-state index in [1.807, 2.05) is 0 Å². The average Bonchev–Trinajstić information content (AvgIpc) is 3.54. The van der Waals surface area contributed by atoms with E-state index in [4.69, 9.17) is 0 Å². The van der Waals surface area contributed by atoms with Crippen molar-refractivity contribution in [3.05, 3.63) is 185 Å². The quantitative estimate of drug-likeness (QED) is 0.137. The summed E-state index contributed by atoms with van der Waals surface area (Å²) in [6, 6.07) is 56.9. The third-order valence-electron chi connectivity index (χ3n) is 11.5. The second-order valence-corrected chi connectivity index (χ2v) is 16.5. The molecule has 55 heavy (non-hydrogen) atoms. The highest BCUT2D eigenvalue weighted by Gasteiger charge is 2.49. The Morgan fingerprint density at radius 2 is 0.673 bits per heavy atom. The topological polar surface area (TPSA) is 6.48 Å². The number of fused-ring (bicyclic) bond motifs is 2. The van der Waals surface area contributed by atoms with E-state index in [1.54, 1.807) is 0 Å². The van der Waals surface area contributed by atoms with Gasteiger partial charge >= 0.3 is 6.98 Å². The molecule has 0 fully saturated rings. The van der Waals surface area contributed by atoms with Gasteiger partial charge in [0.05, 0.1) is 11.4 Å². The Balaban J connectivity index is 1.67. The molecular formula is C52H53BN2. The summed E-state index contributed by atoms with van der Waals surface area (Å²) in [4.78, 5) is 5.53. The molecule has 0 atom stereocenters. The first-order valence-electron chi connectivity index (χ1n) is 20.3. The minimum absolute atomic E-state index is 0.182. The molecule has 0 spiro atoms. The van der Waals surface area contributed by atoms with E-state index in [1.165, 1.54) is 83.2 Å². The van der Waals surface area contributed by atoms with Gasteiger partial charge in [0.15, 0.2) is 0 Å². The second kappa shape index (κ2) is 14.9. The molecule has 7 aromatic rings. The molecule has 1 aliphatic heterocycles. The van der Waals surface area contributed by atoms with Crippen LogP contribution in [0.4, 0.5) is 11.4 Å². The lowest BCUT2D eigenvalue weighted by Gasteiger charge is -2.38. The van der Waals surface area contributed by atoms with Gasteiger partial charge in [-0.2, -0.15) is 0 Å². The summed E-state index contributed by atoms with van der Waals surface area (Å²) < 4.78 is 0. The van der Waals surface area contributed by atoms with E-state index in [2.05, 4.69) is 217 Å². The number of benzene rings is 7. The van der Waals surface area contributed by atoms with Crippen LogP contribution in [-0.2, 0) is 0 Å². The molecule has 8 rings (SSSR count). The van der Waals surface area contributed by atoms with Crippen LogP contribution in [0.1, 0.15) is 112 Å². The average molecular weight is 717 g/mol. The molecule has 3 heteroatoms. The first-order valence-corrected chi connectivity index (χ1v) is 20.3. The van der Waals surface area contributed by atoms with Crippen LogP contribution in [0.5, 0.6) is 0 Å². The van der Waals surface area contributed by atoms with E-state index in [0.29, 0.717) is 23.7 Å². The van der Waals surface area contributed by atoms with Crippen LogP contribution in [-0.4, -0.2) is 6.98 Å². The minimum Gasteiger partial charge on any atom is -0.359 e. The summed E-state index contributed by atoms with van der Waals surface area (Å²) in [6.45, 7) is 18.6. The van der Waals surface area contributed by atoms with Crippen molar-refractivity contribution in [2.24, 2.45) is 0 Å². The van der Waals surface area contributed by atoms with Crippen molar-refractivity contribution in [3.63, 3.8) is 0 Å². The molecule has 1 heterocycles. The normalized spacial score (nSPS) is 13.6. The van der Waals surface area contributed by atoms with Gasteiger partial charge in [-0.1, -0.05) is 207 Å². The van der Waals surface area contributed by atoms with Gasteiger partial charge in [-0.25, -0.2) is 0 Å². The lowest BCUT2D eigenvalue weighted by atomic mass is 9.62. The fourth-order valence-corrected chi connectivity index (χ4v) is 8.94. The fraction of sp³-hybridized carbons (Fsp3) is 0.231. The van der Waals surface area contributed by atoms with Gasteiger partial charge in [0.25, 0.3) is 0 Å². The molecule has 0 amide bonds. The van der Waals surface area contributed by atoms with Crippen LogP contribution in [0.2, 0.25) is 0 Å². The predicted octanol–water partition coefficient (Wildman–Crippen LogP) is 13.7. The molecule has 274 valence electrons. The molecule has 0 saturated carbocycles. The van der Waals surface area contributed by atoms with Crippen LogP contribution in [0.25, 0.3) is 32.9 Å². The zero-order valence-electron chi connectivity index (χ0n) is 33.7. The Kier molecular flexibility index (Phi) is 9.90. The molecule has 0 unspecified atom stereocenters. The molecule has 0 N–H and O–H groups in total. The molecule has 7 aromatic carbocycles. The lowest BCUT2D eigenvalue weighted by molar-refractivity contribution is 0.832. The van der Waals surface area contributed by atoms with Crippen LogP contribution in [0, 0.1) is 0 Å². The number of anilines is 2. The summed E-state index contributed by atoms with van der Waals surface area (Å²) in [6.07, 6.45) is 0. The standard InChI is InChI=1S/C52H53BN2/c1-34(2)41-28-18-29-42(35(3)4)49(41)54-51(47-32-16-22-38-20-12-14-26-45(38)47)52(48-33-17-23-39-21-13-15-27-46(39)48)55(53(54)40-24-10-9-11-25-40)50-43(36(5)6)30-19-31-44(50)37(7)8/h9-37H,1-8H3. The first kappa shape index (κ1) is 36.4. The zero-order chi connectivity index (χ0) is 38.4. The highest BCUT2D eigenvalue weighted by atomic mass is 15.3. The molecule has 0 bridgehead atoms. The van der Waals surface area contributed by atoms with Crippen molar-refractivity contribution in [2.75, 3.05) is 9.62 Å². The molecular weight excluding hydrogens is 663 g/mol. The largest absolute Gasteiger partial charge is 0.420 e. The Morgan fingerprint density at radius 1 is 0.345 bits per heavy atom. The van der Waals surface area contributed by atoms with E-state index in [-0.39, 0.29) is 6.98 Å². The number of hydrogen-bond acceptors (Lipinski definition) is 2. The molecule has 0 saturated heterocycles. The molecule has 0 radical (unpaired) electrons. The third kappa shape index (κ3) is 6.34. The minimum atomic E-state index is -0.182. The smallest absolute Gasteiger partial charge is 0.359 e. The molecule has 2 nitrogen and oxygen atoms in total. The Morgan fingerprint density at radius 3 is 1.05 bits per heavy atom. The summed E-state index contributed by atoms with van der Waals surface area (Å²) in [5.41, 5.74) is 14.3. The zero-order valence-corrected chi connectivity index (χ0v) is 33.7. The van der Waals surface area contributed by atoms with Gasteiger partial charge in [-0.05, 0) is 72.9 Å². The van der Waals surface area contributed by atoms with Crippen LogP contribution in [0.15, 0.2) is 152 Å². The van der Waals surface area contributed by atoms with Gasteiger partial charge in [-0.3, -0.25) is 0 Å². The first-order chi connectivity index (χ1) is 26.7. The highest BCUT2D eigenvalue weighted by molar-refractivity contribution is 6.86. The number of hydrogen-bond donors (Lipinski definition) is 0. The molecule has 1 aliphatic rings. The summed E-state index contributed by atoms with van der Waals surface area (Å²) in [7, 11) is 0. The van der Waals surface area contributed by atoms with Crippen molar-refractivity contribution in [2.45, 2.75) is 79.1 Å². The molecule has 0 aromatic heterocycles. The van der Waals surface area contributed by atoms with E-state index >= 15 is 0 Å². The maximum atomic E-state index is 2.76. The molecule has 0 aliphatic carbocycles. The van der Waals surface area contributed by atoms with Gasteiger partial charge in [-0.15, -0.1) is 0 Å². The van der Waals surface area contributed by atoms with Crippen molar-refractivity contribution >= 4 is 56.8 Å². The van der Waals surface area contributed by atoms with Gasteiger partial charge < -0.3 is 9.62 Å². The maximum Gasteiger partial charge on any atom is 0.420 e. The highest BCUT2D eigenvalue weighted by Crippen LogP contribution is 2.52. The van der Waals surface area contributed by atoms with Crippen LogP contribution in [0.3, 0.4) is 0 Å². The summed E-state index contributed by atoms with van der Waals surface area (Å²) in [5, 5.41) is 4.99.